The van der Waals surface area contributed by atoms with Gasteiger partial charge in [-0.3, -0.25) is 4.79 Å². The van der Waals surface area contributed by atoms with E-state index in [1.807, 2.05) is 30.3 Å². The van der Waals surface area contributed by atoms with Crippen LogP contribution in [0, 0.1) is 6.92 Å². The van der Waals surface area contributed by atoms with Crippen LogP contribution < -0.4 is 5.32 Å². The number of carbonyl (C=O) groups is 1. The summed E-state index contributed by atoms with van der Waals surface area (Å²) in [6.45, 7) is 1.74. The van der Waals surface area contributed by atoms with Gasteiger partial charge >= 0.3 is 0 Å². The van der Waals surface area contributed by atoms with Crippen LogP contribution in [-0.4, -0.2) is 16.0 Å². The van der Waals surface area contributed by atoms with E-state index >= 15 is 0 Å². The Labute approximate surface area is 140 Å². The van der Waals surface area contributed by atoms with Crippen LogP contribution in [0.15, 0.2) is 59.0 Å². The molecule has 2 N–H and O–H groups in total. The molecule has 5 nitrogen and oxygen atoms in total. The van der Waals surface area contributed by atoms with E-state index in [4.69, 9.17) is 9.52 Å². The second-order valence-electron chi connectivity index (χ2n) is 5.47. The molecule has 0 spiro atoms. The number of nitrogens with one attached hydrogen (secondary N) is 1. The largest absolute Gasteiger partial charge is 0.441 e. The lowest BCUT2D eigenvalue weighted by Gasteiger charge is -2.05. The molecule has 3 rings (SSSR count). The molecular weight excluding hydrogens is 304 g/mol. The standard InChI is InChI=1S/C19H18N2O3/c1-13-17(21-19(24-13)15-7-3-2-4-8-15)11-18(23)20-16-9-5-6-14(10-16)12-22/h2-10,22H,11-12H2,1H3,(H,20,23). The predicted molar refractivity (Wildman–Crippen MR) is 91.4 cm³/mol. The van der Waals surface area contributed by atoms with Crippen molar-refractivity contribution in [3.63, 3.8) is 0 Å². The molecule has 0 aliphatic carbocycles. The molecule has 0 radical (unpaired) electrons. The number of aliphatic hydroxyl groups excluding tert-OH is 1. The minimum absolute atomic E-state index is 0.0630. The molecule has 2 aromatic carbocycles. The van der Waals surface area contributed by atoms with E-state index in [9.17, 15) is 4.79 Å². The van der Waals surface area contributed by atoms with E-state index in [0.29, 0.717) is 23.0 Å². The molecule has 0 fully saturated rings. The second-order valence-corrected chi connectivity index (χ2v) is 5.47. The molecule has 0 saturated heterocycles. The fourth-order valence-corrected chi connectivity index (χ4v) is 2.40. The lowest BCUT2D eigenvalue weighted by molar-refractivity contribution is -0.115. The number of aliphatic hydroxyl groups is 1. The van der Waals surface area contributed by atoms with Crippen LogP contribution in [0.2, 0.25) is 0 Å². The summed E-state index contributed by atoms with van der Waals surface area (Å²) < 4.78 is 5.66. The van der Waals surface area contributed by atoms with Crippen LogP contribution >= 0.6 is 0 Å². The average Bonchev–Trinajstić information content (AvgIpc) is 2.96. The summed E-state index contributed by atoms with van der Waals surface area (Å²) in [5.74, 6) is 0.965. The van der Waals surface area contributed by atoms with Gasteiger partial charge in [0.2, 0.25) is 11.8 Å². The summed E-state index contributed by atoms with van der Waals surface area (Å²) in [5.41, 5.74) is 2.89. The molecule has 0 atom stereocenters. The molecule has 0 bridgehead atoms. The number of aryl methyl sites for hydroxylation is 1. The van der Waals surface area contributed by atoms with Crippen LogP contribution in [0.1, 0.15) is 17.0 Å². The molecule has 0 aliphatic rings. The fraction of sp³-hybridized carbons (Fsp3) is 0.158. The minimum Gasteiger partial charge on any atom is -0.441 e. The molecule has 5 heteroatoms. The highest BCUT2D eigenvalue weighted by Gasteiger charge is 2.14. The fourth-order valence-electron chi connectivity index (χ4n) is 2.40. The first-order valence-electron chi connectivity index (χ1n) is 7.67. The van der Waals surface area contributed by atoms with Crippen molar-refractivity contribution in [3.8, 4) is 11.5 Å². The van der Waals surface area contributed by atoms with Crippen molar-refractivity contribution in [3.05, 3.63) is 71.6 Å². The number of anilines is 1. The Morgan fingerprint density at radius 2 is 1.96 bits per heavy atom. The van der Waals surface area contributed by atoms with Gasteiger partial charge in [-0.25, -0.2) is 4.98 Å². The Morgan fingerprint density at radius 1 is 1.17 bits per heavy atom. The monoisotopic (exact) mass is 322 g/mol. The van der Waals surface area contributed by atoms with Gasteiger partial charge in [-0.15, -0.1) is 0 Å². The smallest absolute Gasteiger partial charge is 0.230 e. The van der Waals surface area contributed by atoms with Crippen molar-refractivity contribution < 1.29 is 14.3 Å². The molecule has 3 aromatic rings. The van der Waals surface area contributed by atoms with E-state index in [0.717, 1.165) is 11.1 Å². The van der Waals surface area contributed by atoms with Gasteiger partial charge in [-0.05, 0) is 36.8 Å². The van der Waals surface area contributed by atoms with Crippen LogP contribution in [0.4, 0.5) is 5.69 Å². The number of carbonyl (C=O) groups excluding carboxylic acids is 1. The van der Waals surface area contributed by atoms with E-state index < -0.39 is 0 Å². The van der Waals surface area contributed by atoms with E-state index in [1.54, 1.807) is 31.2 Å². The highest BCUT2D eigenvalue weighted by Crippen LogP contribution is 2.22. The summed E-state index contributed by atoms with van der Waals surface area (Å²) in [6, 6.07) is 16.7. The zero-order valence-corrected chi connectivity index (χ0v) is 13.3. The number of benzene rings is 2. The van der Waals surface area contributed by atoms with Crippen molar-refractivity contribution in [2.45, 2.75) is 20.0 Å². The Bertz CT molecular complexity index is 841. The molecule has 1 aromatic heterocycles. The zero-order valence-electron chi connectivity index (χ0n) is 13.3. The Kier molecular flexibility index (Phi) is 4.72. The van der Waals surface area contributed by atoms with Crippen molar-refractivity contribution in [1.29, 1.82) is 0 Å². The Morgan fingerprint density at radius 3 is 2.71 bits per heavy atom. The van der Waals surface area contributed by atoms with Gasteiger partial charge in [0, 0.05) is 11.3 Å². The van der Waals surface area contributed by atoms with Crippen molar-refractivity contribution in [2.24, 2.45) is 0 Å². The lowest BCUT2D eigenvalue weighted by atomic mass is 10.2. The summed E-state index contributed by atoms with van der Waals surface area (Å²) in [4.78, 5) is 16.7. The van der Waals surface area contributed by atoms with E-state index in [2.05, 4.69) is 10.3 Å². The molecule has 1 heterocycles. The first-order valence-corrected chi connectivity index (χ1v) is 7.67. The highest BCUT2D eigenvalue weighted by molar-refractivity contribution is 5.92. The van der Waals surface area contributed by atoms with Crippen LogP contribution in [0.25, 0.3) is 11.5 Å². The van der Waals surface area contributed by atoms with E-state index in [-0.39, 0.29) is 18.9 Å². The third-order valence-electron chi connectivity index (χ3n) is 3.63. The van der Waals surface area contributed by atoms with E-state index in [1.165, 1.54) is 0 Å². The predicted octanol–water partition coefficient (Wildman–Crippen LogP) is 3.32. The summed E-state index contributed by atoms with van der Waals surface area (Å²) >= 11 is 0. The maximum absolute atomic E-state index is 12.2. The maximum Gasteiger partial charge on any atom is 0.230 e. The molecule has 24 heavy (non-hydrogen) atoms. The van der Waals surface area contributed by atoms with Crippen molar-refractivity contribution in [2.75, 3.05) is 5.32 Å². The summed E-state index contributed by atoms with van der Waals surface area (Å²) in [7, 11) is 0. The number of amides is 1. The molecule has 122 valence electrons. The zero-order chi connectivity index (χ0) is 16.9. The van der Waals surface area contributed by atoms with Gasteiger partial charge in [0.15, 0.2) is 0 Å². The third-order valence-corrected chi connectivity index (χ3v) is 3.63. The van der Waals surface area contributed by atoms with Gasteiger partial charge < -0.3 is 14.8 Å². The topological polar surface area (TPSA) is 75.4 Å². The van der Waals surface area contributed by atoms with Gasteiger partial charge in [0.1, 0.15) is 5.76 Å². The quantitative estimate of drug-likeness (QED) is 0.755. The highest BCUT2D eigenvalue weighted by atomic mass is 16.4. The van der Waals surface area contributed by atoms with Gasteiger partial charge in [0.25, 0.3) is 0 Å². The van der Waals surface area contributed by atoms with Crippen LogP contribution in [0.3, 0.4) is 0 Å². The normalized spacial score (nSPS) is 10.6. The first kappa shape index (κ1) is 16.0. The molecule has 0 saturated carbocycles. The molecular formula is C19H18N2O3. The minimum atomic E-state index is -0.180. The summed E-state index contributed by atoms with van der Waals surface area (Å²) in [6.07, 6.45) is 0.130. The molecule has 0 aliphatic heterocycles. The van der Waals surface area contributed by atoms with Crippen LogP contribution in [0.5, 0.6) is 0 Å². The molecule has 0 unspecified atom stereocenters. The average molecular weight is 322 g/mol. The lowest BCUT2D eigenvalue weighted by Crippen LogP contribution is -2.15. The third kappa shape index (κ3) is 3.70. The summed E-state index contributed by atoms with van der Waals surface area (Å²) in [5, 5.41) is 12.0. The Balaban J connectivity index is 1.71. The van der Waals surface area contributed by atoms with Crippen molar-refractivity contribution in [1.82, 2.24) is 4.98 Å². The first-order chi connectivity index (χ1) is 11.7. The molecule has 1 amide bonds. The number of oxazole rings is 1. The number of hydrogen-bond donors (Lipinski definition) is 2. The van der Waals surface area contributed by atoms with Gasteiger partial charge in [-0.2, -0.15) is 0 Å². The SMILES string of the molecule is Cc1oc(-c2ccccc2)nc1CC(=O)Nc1cccc(CO)c1. The number of aromatic nitrogens is 1. The maximum atomic E-state index is 12.2. The number of hydrogen-bond acceptors (Lipinski definition) is 4. The second kappa shape index (κ2) is 7.10. The van der Waals surface area contributed by atoms with Crippen LogP contribution in [-0.2, 0) is 17.8 Å². The van der Waals surface area contributed by atoms with Crippen molar-refractivity contribution >= 4 is 11.6 Å². The Hall–Kier alpha value is -2.92. The number of nitrogens with zero attached hydrogens (tertiary/aromatic N) is 1. The van der Waals surface area contributed by atoms with Gasteiger partial charge in [0.05, 0.1) is 18.7 Å². The van der Waals surface area contributed by atoms with Gasteiger partial charge in [-0.1, -0.05) is 30.3 Å². The number of rotatable bonds is 5.